The zero-order valence-electron chi connectivity index (χ0n) is 9.46. The summed E-state index contributed by atoms with van der Waals surface area (Å²) in [6.07, 6.45) is 6.04. The summed E-state index contributed by atoms with van der Waals surface area (Å²) >= 11 is 2.92. The van der Waals surface area contributed by atoms with Gasteiger partial charge in [0.15, 0.2) is 5.13 Å². The van der Waals surface area contributed by atoms with Crippen molar-refractivity contribution in [3.63, 3.8) is 0 Å². The van der Waals surface area contributed by atoms with E-state index in [1.54, 1.807) is 18.0 Å². The number of carboxylic acids is 1. The van der Waals surface area contributed by atoms with Crippen molar-refractivity contribution in [3.8, 4) is 0 Å². The van der Waals surface area contributed by atoms with Gasteiger partial charge in [0, 0.05) is 17.2 Å². The lowest BCUT2D eigenvalue weighted by Gasteiger charge is -2.06. The number of nitrogens with zero attached hydrogens (tertiary/aromatic N) is 1. The van der Waals surface area contributed by atoms with Crippen LogP contribution in [0.25, 0.3) is 6.08 Å². The summed E-state index contributed by atoms with van der Waals surface area (Å²) in [5, 5.41) is 11.8. The molecule has 0 spiro atoms. The van der Waals surface area contributed by atoms with Crippen molar-refractivity contribution in [2.75, 3.05) is 11.1 Å². The van der Waals surface area contributed by atoms with Crippen molar-refractivity contribution in [3.05, 3.63) is 17.2 Å². The summed E-state index contributed by atoms with van der Waals surface area (Å²) in [6, 6.07) is 0. The summed E-state index contributed by atoms with van der Waals surface area (Å²) in [6.45, 7) is 0. The molecule has 2 rings (SSSR count). The molecule has 18 heavy (non-hydrogen) atoms. The maximum absolute atomic E-state index is 11.8. The Morgan fingerprint density at radius 1 is 1.56 bits per heavy atom. The summed E-state index contributed by atoms with van der Waals surface area (Å²) < 4.78 is 0. The van der Waals surface area contributed by atoms with Gasteiger partial charge in [0.2, 0.25) is 5.91 Å². The van der Waals surface area contributed by atoms with Crippen molar-refractivity contribution in [2.45, 2.75) is 18.1 Å². The van der Waals surface area contributed by atoms with Gasteiger partial charge >= 0.3 is 5.97 Å². The molecule has 1 unspecified atom stereocenters. The number of aliphatic carboxylic acids is 1. The van der Waals surface area contributed by atoms with Crippen LogP contribution in [0.5, 0.6) is 0 Å². The molecule has 96 valence electrons. The smallest absolute Gasteiger partial charge is 0.328 e. The van der Waals surface area contributed by atoms with Gasteiger partial charge in [-0.1, -0.05) is 11.3 Å². The first kappa shape index (κ1) is 13.1. The van der Waals surface area contributed by atoms with Crippen LogP contribution in [0.3, 0.4) is 0 Å². The number of hydrogen-bond acceptors (Lipinski definition) is 5. The highest BCUT2D eigenvalue weighted by Gasteiger charge is 2.23. The fourth-order valence-electron chi connectivity index (χ4n) is 1.55. The van der Waals surface area contributed by atoms with Crippen LogP contribution in [0.2, 0.25) is 0 Å². The lowest BCUT2D eigenvalue weighted by atomic mass is 10.2. The zero-order chi connectivity index (χ0) is 13.0. The van der Waals surface area contributed by atoms with Crippen LogP contribution < -0.4 is 5.32 Å². The number of rotatable bonds is 4. The third kappa shape index (κ3) is 3.58. The molecular weight excluding hydrogens is 272 g/mol. The molecule has 2 N–H and O–H groups in total. The molecular formula is C11H12N2O3S2. The summed E-state index contributed by atoms with van der Waals surface area (Å²) in [5.74, 6) is 0.0136. The Hall–Kier alpha value is -1.34. The summed E-state index contributed by atoms with van der Waals surface area (Å²) in [7, 11) is 0. The summed E-state index contributed by atoms with van der Waals surface area (Å²) in [4.78, 5) is 26.9. The van der Waals surface area contributed by atoms with E-state index >= 15 is 0 Å². The van der Waals surface area contributed by atoms with Gasteiger partial charge in [0.05, 0.1) is 5.25 Å². The van der Waals surface area contributed by atoms with E-state index < -0.39 is 5.97 Å². The van der Waals surface area contributed by atoms with E-state index in [1.807, 2.05) is 0 Å². The molecule has 1 amide bonds. The molecule has 0 aromatic carbocycles. The van der Waals surface area contributed by atoms with E-state index in [-0.39, 0.29) is 11.2 Å². The number of hydrogen-bond donors (Lipinski definition) is 2. The third-order valence-electron chi connectivity index (χ3n) is 2.37. The first-order chi connectivity index (χ1) is 8.65. The lowest BCUT2D eigenvalue weighted by Crippen LogP contribution is -2.22. The Morgan fingerprint density at radius 3 is 3.06 bits per heavy atom. The topological polar surface area (TPSA) is 79.3 Å². The Bertz CT molecular complexity index is 478. The predicted molar refractivity (Wildman–Crippen MR) is 72.9 cm³/mol. The number of thiazole rings is 1. The molecule has 1 fully saturated rings. The monoisotopic (exact) mass is 284 g/mol. The van der Waals surface area contributed by atoms with Gasteiger partial charge in [-0.05, 0) is 24.7 Å². The Morgan fingerprint density at radius 2 is 2.39 bits per heavy atom. The molecule has 5 nitrogen and oxygen atoms in total. The molecule has 1 atom stereocenters. The van der Waals surface area contributed by atoms with Crippen molar-refractivity contribution in [1.29, 1.82) is 0 Å². The maximum atomic E-state index is 11.8. The Kier molecular flexibility index (Phi) is 4.38. The molecule has 0 radical (unpaired) electrons. The van der Waals surface area contributed by atoms with Crippen molar-refractivity contribution < 1.29 is 14.7 Å². The van der Waals surface area contributed by atoms with E-state index in [4.69, 9.17) is 5.11 Å². The summed E-state index contributed by atoms with van der Waals surface area (Å²) in [5.41, 5.74) is 0. The quantitative estimate of drug-likeness (QED) is 0.827. The molecule has 0 aliphatic carbocycles. The minimum absolute atomic E-state index is 0.0133. The van der Waals surface area contributed by atoms with E-state index in [0.29, 0.717) is 10.0 Å². The largest absolute Gasteiger partial charge is 0.478 e. The van der Waals surface area contributed by atoms with Crippen LogP contribution in [0.4, 0.5) is 5.13 Å². The Balaban J connectivity index is 1.93. The number of amides is 1. The van der Waals surface area contributed by atoms with Crippen molar-refractivity contribution >= 4 is 46.2 Å². The molecule has 0 bridgehead atoms. The van der Waals surface area contributed by atoms with E-state index in [9.17, 15) is 9.59 Å². The number of anilines is 1. The minimum Gasteiger partial charge on any atom is -0.478 e. The van der Waals surface area contributed by atoms with Crippen molar-refractivity contribution in [2.24, 2.45) is 0 Å². The fourth-order valence-corrected chi connectivity index (χ4v) is 3.43. The van der Waals surface area contributed by atoms with Gasteiger partial charge in [0.1, 0.15) is 0 Å². The molecule has 0 saturated carbocycles. The Labute approximate surface area is 112 Å². The van der Waals surface area contributed by atoms with Gasteiger partial charge in [-0.15, -0.1) is 11.8 Å². The SMILES string of the molecule is O=C(O)C=Cc1cnc(NC(=O)C2CCCS2)s1. The average Bonchev–Trinajstić information content (AvgIpc) is 2.97. The molecule has 2 heterocycles. The van der Waals surface area contributed by atoms with Crippen LogP contribution >= 0.6 is 23.1 Å². The van der Waals surface area contributed by atoms with E-state index in [2.05, 4.69) is 10.3 Å². The molecule has 7 heteroatoms. The van der Waals surface area contributed by atoms with Gasteiger partial charge < -0.3 is 10.4 Å². The fraction of sp³-hybridized carbons (Fsp3) is 0.364. The van der Waals surface area contributed by atoms with Crippen LogP contribution in [0, 0.1) is 0 Å². The van der Waals surface area contributed by atoms with Gasteiger partial charge in [-0.25, -0.2) is 9.78 Å². The van der Waals surface area contributed by atoms with Crippen LogP contribution in [-0.4, -0.2) is 33.0 Å². The molecule has 1 aliphatic rings. The molecule has 1 aliphatic heterocycles. The number of thioether (sulfide) groups is 1. The minimum atomic E-state index is -1.00. The standard InChI is InChI=1S/C11H12N2O3S2/c14-9(15)4-3-7-6-12-11(18-7)13-10(16)8-2-1-5-17-8/h3-4,6,8H,1-2,5H2,(H,14,15)(H,12,13,16). The van der Waals surface area contributed by atoms with Gasteiger partial charge in [-0.2, -0.15) is 0 Å². The normalized spacial score (nSPS) is 19.2. The van der Waals surface area contributed by atoms with Crippen LogP contribution in [0.1, 0.15) is 17.7 Å². The number of aromatic nitrogens is 1. The maximum Gasteiger partial charge on any atom is 0.328 e. The van der Waals surface area contributed by atoms with E-state index in [0.717, 1.165) is 24.7 Å². The highest BCUT2D eigenvalue weighted by Crippen LogP contribution is 2.28. The highest BCUT2D eigenvalue weighted by molar-refractivity contribution is 8.00. The second-order valence-electron chi connectivity index (χ2n) is 3.73. The number of nitrogens with one attached hydrogen (secondary N) is 1. The third-order valence-corrected chi connectivity index (χ3v) is 4.62. The van der Waals surface area contributed by atoms with Crippen molar-refractivity contribution in [1.82, 2.24) is 4.98 Å². The van der Waals surface area contributed by atoms with Gasteiger partial charge in [0.25, 0.3) is 0 Å². The van der Waals surface area contributed by atoms with Crippen LogP contribution in [0.15, 0.2) is 12.3 Å². The highest BCUT2D eigenvalue weighted by atomic mass is 32.2. The van der Waals surface area contributed by atoms with E-state index in [1.165, 1.54) is 17.4 Å². The number of carbonyl (C=O) groups excluding carboxylic acids is 1. The van der Waals surface area contributed by atoms with Crippen LogP contribution in [-0.2, 0) is 9.59 Å². The van der Waals surface area contributed by atoms with Gasteiger partial charge in [-0.3, -0.25) is 4.79 Å². The second kappa shape index (κ2) is 6.01. The average molecular weight is 284 g/mol. The molecule has 1 saturated heterocycles. The number of carbonyl (C=O) groups is 2. The molecule has 1 aromatic rings. The zero-order valence-corrected chi connectivity index (χ0v) is 11.1. The first-order valence-corrected chi connectivity index (χ1v) is 7.31. The number of carboxylic acid groups (broad SMARTS) is 1. The second-order valence-corrected chi connectivity index (χ2v) is 6.10. The molecule has 1 aromatic heterocycles. The predicted octanol–water partition coefficient (Wildman–Crippen LogP) is 2.08. The lowest BCUT2D eigenvalue weighted by molar-refractivity contribution is -0.131. The first-order valence-electron chi connectivity index (χ1n) is 5.44.